The van der Waals surface area contributed by atoms with Crippen molar-refractivity contribution in [1.82, 2.24) is 14.4 Å². The lowest BCUT2D eigenvalue weighted by atomic mass is 10.6. The molecular weight excluding hydrogens is 142 g/mol. The zero-order valence-corrected chi connectivity index (χ0v) is 6.06. The fourth-order valence-corrected chi connectivity index (χ4v) is 0.978. The van der Waals surface area contributed by atoms with Crippen LogP contribution in [0.2, 0.25) is 0 Å². The summed E-state index contributed by atoms with van der Waals surface area (Å²) in [5.41, 5.74) is 0.796. The van der Waals surface area contributed by atoms with Gasteiger partial charge in [0.25, 0.3) is 0 Å². The quantitative estimate of drug-likeness (QED) is 0.600. The van der Waals surface area contributed by atoms with Gasteiger partial charge in [0.2, 0.25) is 5.88 Å². The van der Waals surface area contributed by atoms with E-state index in [1.165, 1.54) is 0 Å². The molecule has 0 aliphatic rings. The third kappa shape index (κ3) is 0.832. The molecule has 0 aromatic carbocycles. The van der Waals surface area contributed by atoms with Gasteiger partial charge < -0.3 is 4.74 Å². The van der Waals surface area contributed by atoms with Crippen molar-refractivity contribution < 1.29 is 4.74 Å². The summed E-state index contributed by atoms with van der Waals surface area (Å²) < 4.78 is 6.87. The molecule has 0 bridgehead atoms. The van der Waals surface area contributed by atoms with Gasteiger partial charge in [0.05, 0.1) is 19.5 Å². The number of nitrogens with zero attached hydrogens (tertiary/aromatic N) is 3. The average Bonchev–Trinajstić information content (AvgIpc) is 2.50. The van der Waals surface area contributed by atoms with Gasteiger partial charge in [-0.05, 0) is 0 Å². The molecule has 11 heavy (non-hydrogen) atoms. The Morgan fingerprint density at radius 3 is 3.18 bits per heavy atom. The van der Waals surface area contributed by atoms with Crippen LogP contribution >= 0.6 is 0 Å². The van der Waals surface area contributed by atoms with Crippen LogP contribution in [-0.4, -0.2) is 21.5 Å². The number of hydrogen-bond acceptors (Lipinski definition) is 3. The molecule has 0 radical (unpaired) electrons. The summed E-state index contributed by atoms with van der Waals surface area (Å²) in [4.78, 5) is 8.00. The van der Waals surface area contributed by atoms with Crippen molar-refractivity contribution in [3.8, 4) is 5.88 Å². The SMILES string of the molecule is COc1cncc2nccn12. The number of hydrogen-bond donors (Lipinski definition) is 0. The van der Waals surface area contributed by atoms with Gasteiger partial charge in [-0.25, -0.2) is 4.98 Å². The van der Waals surface area contributed by atoms with Gasteiger partial charge in [-0.2, -0.15) is 0 Å². The van der Waals surface area contributed by atoms with Crippen LogP contribution in [0.25, 0.3) is 5.65 Å². The van der Waals surface area contributed by atoms with E-state index >= 15 is 0 Å². The van der Waals surface area contributed by atoms with Crippen LogP contribution in [0.4, 0.5) is 0 Å². The number of imidazole rings is 1. The van der Waals surface area contributed by atoms with Crippen LogP contribution in [0.15, 0.2) is 24.8 Å². The number of fused-ring (bicyclic) bond motifs is 1. The van der Waals surface area contributed by atoms with Crippen molar-refractivity contribution in [2.45, 2.75) is 0 Å². The van der Waals surface area contributed by atoms with E-state index in [2.05, 4.69) is 9.97 Å². The lowest BCUT2D eigenvalue weighted by Crippen LogP contribution is -1.93. The Bertz CT molecular complexity index is 368. The fraction of sp³-hybridized carbons (Fsp3) is 0.143. The normalized spacial score (nSPS) is 10.3. The van der Waals surface area contributed by atoms with E-state index < -0.39 is 0 Å². The summed E-state index contributed by atoms with van der Waals surface area (Å²) in [6.45, 7) is 0. The van der Waals surface area contributed by atoms with Crippen molar-refractivity contribution in [3.63, 3.8) is 0 Å². The summed E-state index contributed by atoms with van der Waals surface area (Å²) >= 11 is 0. The standard InChI is InChI=1S/C7H7N3O/c1-11-7-5-8-4-6-9-2-3-10(6)7/h2-5H,1H3. The topological polar surface area (TPSA) is 39.4 Å². The zero-order chi connectivity index (χ0) is 7.68. The smallest absolute Gasteiger partial charge is 0.218 e. The van der Waals surface area contributed by atoms with Gasteiger partial charge in [-0.3, -0.25) is 9.38 Å². The minimum Gasteiger partial charge on any atom is -0.481 e. The van der Waals surface area contributed by atoms with E-state index in [1.54, 1.807) is 25.7 Å². The van der Waals surface area contributed by atoms with Crippen LogP contribution in [0.3, 0.4) is 0 Å². The van der Waals surface area contributed by atoms with Gasteiger partial charge in [-0.1, -0.05) is 0 Å². The van der Waals surface area contributed by atoms with E-state index in [0.717, 1.165) is 5.65 Å². The Morgan fingerprint density at radius 1 is 1.45 bits per heavy atom. The first-order valence-corrected chi connectivity index (χ1v) is 3.23. The Labute approximate surface area is 63.5 Å². The second-order valence-corrected chi connectivity index (χ2v) is 2.11. The maximum Gasteiger partial charge on any atom is 0.218 e. The van der Waals surface area contributed by atoms with E-state index in [0.29, 0.717) is 5.88 Å². The van der Waals surface area contributed by atoms with Gasteiger partial charge in [0.1, 0.15) is 0 Å². The molecule has 4 nitrogen and oxygen atoms in total. The van der Waals surface area contributed by atoms with Crippen molar-refractivity contribution >= 4 is 5.65 Å². The van der Waals surface area contributed by atoms with Crippen LogP contribution in [0, 0.1) is 0 Å². The molecule has 0 N–H and O–H groups in total. The molecule has 2 heterocycles. The van der Waals surface area contributed by atoms with Crippen molar-refractivity contribution in [1.29, 1.82) is 0 Å². The second kappa shape index (κ2) is 2.23. The minimum absolute atomic E-state index is 0.694. The lowest BCUT2D eigenvalue weighted by molar-refractivity contribution is 0.390. The third-order valence-electron chi connectivity index (χ3n) is 1.49. The molecular formula is C7H7N3O. The zero-order valence-electron chi connectivity index (χ0n) is 6.06. The molecule has 0 atom stereocenters. The fourth-order valence-electron chi connectivity index (χ4n) is 0.978. The summed E-state index contributed by atoms with van der Waals surface area (Å²) in [5, 5.41) is 0. The molecule has 2 aromatic heterocycles. The molecule has 4 heteroatoms. The number of ether oxygens (including phenoxy) is 1. The molecule has 2 aromatic rings. The molecule has 0 fully saturated rings. The Morgan fingerprint density at radius 2 is 2.36 bits per heavy atom. The highest BCUT2D eigenvalue weighted by Gasteiger charge is 1.98. The molecule has 0 amide bonds. The number of methoxy groups -OCH3 is 1. The Kier molecular flexibility index (Phi) is 1.25. The predicted octanol–water partition coefficient (Wildman–Crippen LogP) is 0.738. The molecule has 0 unspecified atom stereocenters. The number of rotatable bonds is 1. The van der Waals surface area contributed by atoms with Gasteiger partial charge in [0.15, 0.2) is 5.65 Å². The van der Waals surface area contributed by atoms with Gasteiger partial charge in [0, 0.05) is 12.4 Å². The largest absolute Gasteiger partial charge is 0.481 e. The van der Waals surface area contributed by atoms with E-state index in [1.807, 2.05) is 10.6 Å². The summed E-state index contributed by atoms with van der Waals surface area (Å²) in [5.74, 6) is 0.694. The highest BCUT2D eigenvalue weighted by atomic mass is 16.5. The monoisotopic (exact) mass is 149 g/mol. The van der Waals surface area contributed by atoms with E-state index in [-0.39, 0.29) is 0 Å². The summed E-state index contributed by atoms with van der Waals surface area (Å²) in [6.07, 6.45) is 6.87. The highest BCUT2D eigenvalue weighted by molar-refractivity contribution is 5.37. The van der Waals surface area contributed by atoms with Crippen molar-refractivity contribution in [3.05, 3.63) is 24.8 Å². The molecule has 0 spiro atoms. The predicted molar refractivity (Wildman–Crippen MR) is 39.5 cm³/mol. The minimum atomic E-state index is 0.694. The van der Waals surface area contributed by atoms with Gasteiger partial charge >= 0.3 is 0 Å². The molecule has 0 saturated heterocycles. The first-order chi connectivity index (χ1) is 5.42. The van der Waals surface area contributed by atoms with Gasteiger partial charge in [-0.15, -0.1) is 0 Å². The van der Waals surface area contributed by atoms with Crippen LogP contribution in [0.5, 0.6) is 5.88 Å². The van der Waals surface area contributed by atoms with E-state index in [9.17, 15) is 0 Å². The number of aromatic nitrogens is 3. The van der Waals surface area contributed by atoms with E-state index in [4.69, 9.17) is 4.74 Å². The maximum atomic E-state index is 5.05. The molecule has 0 aliphatic carbocycles. The van der Waals surface area contributed by atoms with Crippen molar-refractivity contribution in [2.75, 3.05) is 7.11 Å². The Hall–Kier alpha value is -1.58. The third-order valence-corrected chi connectivity index (χ3v) is 1.49. The van der Waals surface area contributed by atoms with Crippen LogP contribution in [0.1, 0.15) is 0 Å². The van der Waals surface area contributed by atoms with Crippen molar-refractivity contribution in [2.24, 2.45) is 0 Å². The molecule has 0 aliphatic heterocycles. The maximum absolute atomic E-state index is 5.05. The average molecular weight is 149 g/mol. The summed E-state index contributed by atoms with van der Waals surface area (Å²) in [6, 6.07) is 0. The second-order valence-electron chi connectivity index (χ2n) is 2.11. The first-order valence-electron chi connectivity index (χ1n) is 3.23. The molecule has 56 valence electrons. The first kappa shape index (κ1) is 6.15. The molecule has 0 saturated carbocycles. The Balaban J connectivity index is 2.79. The lowest BCUT2D eigenvalue weighted by Gasteiger charge is -2.00. The van der Waals surface area contributed by atoms with Crippen LogP contribution < -0.4 is 4.74 Å². The highest BCUT2D eigenvalue weighted by Crippen LogP contribution is 2.09. The molecule has 2 rings (SSSR count). The summed E-state index contributed by atoms with van der Waals surface area (Å²) in [7, 11) is 1.61. The van der Waals surface area contributed by atoms with Crippen LogP contribution in [-0.2, 0) is 0 Å².